The van der Waals surface area contributed by atoms with Gasteiger partial charge in [0.25, 0.3) is 11.8 Å². The summed E-state index contributed by atoms with van der Waals surface area (Å²) in [5, 5.41) is 6.47. The van der Waals surface area contributed by atoms with Crippen molar-refractivity contribution in [2.75, 3.05) is 62.0 Å². The van der Waals surface area contributed by atoms with Crippen molar-refractivity contribution < 1.29 is 9.59 Å². The molecule has 3 atom stereocenters. The third-order valence-electron chi connectivity index (χ3n) is 9.98. The number of piperidine rings is 1. The molecule has 2 unspecified atom stereocenters. The van der Waals surface area contributed by atoms with E-state index in [0.29, 0.717) is 17.6 Å². The second kappa shape index (κ2) is 13.1. The number of piperazine rings is 1. The van der Waals surface area contributed by atoms with E-state index in [4.69, 9.17) is 4.98 Å². The van der Waals surface area contributed by atoms with E-state index < -0.39 is 0 Å². The zero-order valence-corrected chi connectivity index (χ0v) is 27.3. The first kappa shape index (κ1) is 30.9. The lowest BCUT2D eigenvalue weighted by atomic mass is 9.96. The summed E-state index contributed by atoms with van der Waals surface area (Å²) in [6.45, 7) is 8.25. The smallest absolute Gasteiger partial charge is 0.253 e. The third-order valence-corrected chi connectivity index (χ3v) is 9.98. The van der Waals surface area contributed by atoms with Crippen LogP contribution in [0, 0.1) is 6.92 Å². The van der Waals surface area contributed by atoms with E-state index >= 15 is 0 Å². The fourth-order valence-electron chi connectivity index (χ4n) is 7.36. The summed E-state index contributed by atoms with van der Waals surface area (Å²) in [7, 11) is 6.16. The Hall–Kier alpha value is -4.11. The van der Waals surface area contributed by atoms with Crippen LogP contribution in [0.4, 0.5) is 17.2 Å². The van der Waals surface area contributed by atoms with Crippen molar-refractivity contribution in [2.24, 2.45) is 0 Å². The molecule has 1 aromatic heterocycles. The van der Waals surface area contributed by atoms with Gasteiger partial charge in [-0.25, -0.2) is 4.98 Å². The monoisotopic (exact) mass is 609 g/mol. The summed E-state index contributed by atoms with van der Waals surface area (Å²) in [6.07, 6.45) is 5.65. The standard InChI is InChI=1S/C36H47N7O2/c1-24-32(7-6-8-33(24)40(3)4)36(45)39-28-21-30-14-15-31(22-28)43(30)34-16-11-27(23-37-34)35(44)38-25(2)26-9-12-29(13-10-26)42-19-17-41(5)18-20-42/h6-13,16,23,25,28,30-31H,14-15,17-22H2,1-5H3,(H,38,44)(H,39,45)/t25-,28?,30?,31?/m0/s1. The molecule has 3 aliphatic rings. The first-order chi connectivity index (χ1) is 21.7. The molecule has 2 N–H and O–H groups in total. The molecule has 0 spiro atoms. The van der Waals surface area contributed by atoms with Crippen LogP contribution in [0.3, 0.4) is 0 Å². The maximum atomic E-state index is 13.3. The molecular weight excluding hydrogens is 562 g/mol. The predicted molar refractivity (Wildman–Crippen MR) is 182 cm³/mol. The van der Waals surface area contributed by atoms with Gasteiger partial charge < -0.3 is 30.2 Å². The number of carbonyl (C=O) groups is 2. The van der Waals surface area contributed by atoms with Crippen LogP contribution in [0.2, 0.25) is 0 Å². The van der Waals surface area contributed by atoms with Crippen LogP contribution < -0.4 is 25.3 Å². The molecule has 3 aliphatic heterocycles. The molecule has 2 bridgehead atoms. The highest BCUT2D eigenvalue weighted by Crippen LogP contribution is 2.39. The van der Waals surface area contributed by atoms with Crippen LogP contribution >= 0.6 is 0 Å². The van der Waals surface area contributed by atoms with Crippen LogP contribution in [-0.4, -0.2) is 87.1 Å². The van der Waals surface area contributed by atoms with Gasteiger partial charge in [-0.05, 0) is 94.1 Å². The van der Waals surface area contributed by atoms with Crippen LogP contribution in [-0.2, 0) is 0 Å². The Morgan fingerprint density at radius 1 is 0.911 bits per heavy atom. The number of amides is 2. The summed E-state index contributed by atoms with van der Waals surface area (Å²) >= 11 is 0. The van der Waals surface area contributed by atoms with E-state index in [1.165, 1.54) is 5.69 Å². The molecule has 2 aromatic carbocycles. The predicted octanol–water partition coefficient (Wildman–Crippen LogP) is 4.63. The van der Waals surface area contributed by atoms with Gasteiger partial charge in [-0.1, -0.05) is 18.2 Å². The molecule has 9 nitrogen and oxygen atoms in total. The number of benzene rings is 2. The molecule has 0 saturated carbocycles. The summed E-state index contributed by atoms with van der Waals surface area (Å²) in [4.78, 5) is 40.4. The van der Waals surface area contributed by atoms with Crippen molar-refractivity contribution >= 4 is 29.0 Å². The van der Waals surface area contributed by atoms with Crippen LogP contribution in [0.15, 0.2) is 60.8 Å². The second-order valence-corrected chi connectivity index (χ2v) is 13.3. The molecule has 0 aliphatic carbocycles. The van der Waals surface area contributed by atoms with Gasteiger partial charge >= 0.3 is 0 Å². The Balaban J connectivity index is 1.04. The van der Waals surface area contributed by atoms with Crippen LogP contribution in [0.1, 0.15) is 70.5 Å². The number of hydrogen-bond acceptors (Lipinski definition) is 7. The molecule has 9 heteroatoms. The zero-order valence-electron chi connectivity index (χ0n) is 27.3. The van der Waals surface area contributed by atoms with Crippen molar-refractivity contribution in [3.63, 3.8) is 0 Å². The van der Waals surface area contributed by atoms with Gasteiger partial charge in [-0.2, -0.15) is 0 Å². The molecule has 3 fully saturated rings. The first-order valence-corrected chi connectivity index (χ1v) is 16.3. The zero-order chi connectivity index (χ0) is 31.7. The molecule has 45 heavy (non-hydrogen) atoms. The first-order valence-electron chi connectivity index (χ1n) is 16.3. The highest BCUT2D eigenvalue weighted by atomic mass is 16.2. The summed E-state index contributed by atoms with van der Waals surface area (Å²) < 4.78 is 0. The average molecular weight is 610 g/mol. The van der Waals surface area contributed by atoms with Gasteiger partial charge in [0.05, 0.1) is 11.6 Å². The molecular formula is C36H47N7O2. The van der Waals surface area contributed by atoms with Gasteiger partial charge in [0.2, 0.25) is 0 Å². The van der Waals surface area contributed by atoms with Crippen molar-refractivity contribution in [1.29, 1.82) is 0 Å². The highest BCUT2D eigenvalue weighted by Gasteiger charge is 2.42. The highest BCUT2D eigenvalue weighted by molar-refractivity contribution is 5.97. The molecule has 238 valence electrons. The van der Waals surface area contributed by atoms with Crippen LogP contribution in [0.5, 0.6) is 0 Å². The Morgan fingerprint density at radius 3 is 2.22 bits per heavy atom. The number of hydrogen-bond donors (Lipinski definition) is 2. The van der Waals surface area contributed by atoms with E-state index in [-0.39, 0.29) is 23.9 Å². The van der Waals surface area contributed by atoms with E-state index in [1.807, 2.05) is 63.2 Å². The maximum Gasteiger partial charge on any atom is 0.253 e. The molecule has 6 rings (SSSR count). The molecule has 0 radical (unpaired) electrons. The van der Waals surface area contributed by atoms with Gasteiger partial charge in [-0.3, -0.25) is 9.59 Å². The number of nitrogens with one attached hydrogen (secondary N) is 2. The summed E-state index contributed by atoms with van der Waals surface area (Å²) in [5.41, 5.74) is 5.68. The van der Waals surface area contributed by atoms with Crippen molar-refractivity contribution in [2.45, 2.75) is 63.7 Å². The van der Waals surface area contributed by atoms with Crippen LogP contribution in [0.25, 0.3) is 0 Å². The number of fused-ring (bicyclic) bond motifs is 2. The van der Waals surface area contributed by atoms with Gasteiger partial charge in [0, 0.05) is 81.5 Å². The second-order valence-electron chi connectivity index (χ2n) is 13.3. The molecule has 3 aromatic rings. The topological polar surface area (TPSA) is 84.0 Å². The lowest BCUT2D eigenvalue weighted by molar-refractivity contribution is 0.0922. The number of aromatic nitrogens is 1. The third kappa shape index (κ3) is 6.64. The van der Waals surface area contributed by atoms with E-state index in [1.54, 1.807) is 6.20 Å². The fourth-order valence-corrected chi connectivity index (χ4v) is 7.36. The van der Waals surface area contributed by atoms with Crippen molar-refractivity contribution in [3.05, 3.63) is 83.0 Å². The SMILES string of the molecule is Cc1c(C(=O)NC2CC3CCC(C2)N3c2ccc(C(=O)N[C@@H](C)c3ccc(N4CCN(C)CC4)cc3)cn2)cccc1N(C)C. The van der Waals surface area contributed by atoms with Crippen molar-refractivity contribution in [3.8, 4) is 0 Å². The largest absolute Gasteiger partial charge is 0.377 e. The number of likely N-dealkylation sites (N-methyl/N-ethyl adjacent to an activating group) is 1. The number of rotatable bonds is 8. The van der Waals surface area contributed by atoms with E-state index in [0.717, 1.165) is 80.1 Å². The minimum Gasteiger partial charge on any atom is -0.377 e. The van der Waals surface area contributed by atoms with Crippen molar-refractivity contribution in [1.82, 2.24) is 20.5 Å². The number of nitrogens with zero attached hydrogens (tertiary/aromatic N) is 5. The average Bonchev–Trinajstić information content (AvgIpc) is 3.31. The Bertz CT molecular complexity index is 1480. The lowest BCUT2D eigenvalue weighted by Gasteiger charge is -2.40. The Kier molecular flexibility index (Phi) is 8.99. The Morgan fingerprint density at radius 2 is 1.60 bits per heavy atom. The van der Waals surface area contributed by atoms with E-state index in [9.17, 15) is 9.59 Å². The minimum absolute atomic E-state index is 0.00254. The molecule has 3 saturated heterocycles. The van der Waals surface area contributed by atoms with Gasteiger partial charge in [-0.15, -0.1) is 0 Å². The molecule has 4 heterocycles. The van der Waals surface area contributed by atoms with E-state index in [2.05, 4.69) is 56.6 Å². The summed E-state index contributed by atoms with van der Waals surface area (Å²) in [5.74, 6) is 0.788. The summed E-state index contributed by atoms with van der Waals surface area (Å²) in [6, 6.07) is 19.0. The maximum absolute atomic E-state index is 13.3. The Labute approximate surface area is 267 Å². The normalized spacial score (nSPS) is 22.2. The van der Waals surface area contributed by atoms with Gasteiger partial charge in [0.15, 0.2) is 0 Å². The fraction of sp³-hybridized carbons (Fsp3) is 0.472. The quantitative estimate of drug-likeness (QED) is 0.386. The molecule has 2 amide bonds. The minimum atomic E-state index is -0.122. The van der Waals surface area contributed by atoms with Gasteiger partial charge in [0.1, 0.15) is 5.82 Å². The number of pyridine rings is 1. The number of carbonyl (C=O) groups excluding carboxylic acids is 2. The number of anilines is 3. The lowest BCUT2D eigenvalue weighted by Crippen LogP contribution is -2.50.